The van der Waals surface area contributed by atoms with Crippen LogP contribution in [0.2, 0.25) is 0 Å². The third-order valence-electron chi connectivity index (χ3n) is 1.41. The minimum absolute atomic E-state index is 0.597. The fourth-order valence-corrected chi connectivity index (χ4v) is 0.380. The Morgan fingerprint density at radius 2 is 2.10 bits per heavy atom. The Kier molecular flexibility index (Phi) is 4.63. The van der Waals surface area contributed by atoms with Crippen LogP contribution in [0.1, 0.15) is 27.7 Å². The second-order valence-corrected chi connectivity index (χ2v) is 2.56. The third-order valence-corrected chi connectivity index (χ3v) is 1.41. The molecule has 0 aromatic rings. The van der Waals surface area contributed by atoms with Crippen molar-refractivity contribution in [2.45, 2.75) is 27.7 Å². The standard InChI is InChI=1S/C8H16N2/c1-5-9-10-6-8(4)7(2)3/h5-7,10H,1-4H3/b8-6+,9-5-. The Labute approximate surface area is 63.0 Å². The van der Waals surface area contributed by atoms with Crippen molar-refractivity contribution < 1.29 is 0 Å². The maximum absolute atomic E-state index is 3.84. The lowest BCUT2D eigenvalue weighted by Crippen LogP contribution is -1.98. The first-order valence-electron chi connectivity index (χ1n) is 3.58. The molecular formula is C8H16N2. The molecular weight excluding hydrogens is 124 g/mol. The van der Waals surface area contributed by atoms with E-state index in [1.54, 1.807) is 6.21 Å². The lowest BCUT2D eigenvalue weighted by Gasteiger charge is -2.02. The van der Waals surface area contributed by atoms with E-state index in [2.05, 4.69) is 31.3 Å². The second-order valence-electron chi connectivity index (χ2n) is 2.56. The number of rotatable bonds is 3. The van der Waals surface area contributed by atoms with E-state index >= 15 is 0 Å². The van der Waals surface area contributed by atoms with Gasteiger partial charge in [0.15, 0.2) is 0 Å². The van der Waals surface area contributed by atoms with Crippen LogP contribution < -0.4 is 5.43 Å². The van der Waals surface area contributed by atoms with Gasteiger partial charge in [0.2, 0.25) is 0 Å². The molecule has 0 heterocycles. The average molecular weight is 140 g/mol. The molecule has 10 heavy (non-hydrogen) atoms. The zero-order valence-corrected chi connectivity index (χ0v) is 7.18. The molecule has 0 bridgehead atoms. The van der Waals surface area contributed by atoms with Crippen molar-refractivity contribution in [1.82, 2.24) is 5.43 Å². The molecule has 1 N–H and O–H groups in total. The molecule has 0 rings (SSSR count). The van der Waals surface area contributed by atoms with E-state index in [4.69, 9.17) is 0 Å². The molecule has 0 aliphatic heterocycles. The van der Waals surface area contributed by atoms with E-state index < -0.39 is 0 Å². The topological polar surface area (TPSA) is 24.4 Å². The molecule has 0 amide bonds. The van der Waals surface area contributed by atoms with E-state index in [9.17, 15) is 0 Å². The number of allylic oxidation sites excluding steroid dienone is 1. The predicted molar refractivity (Wildman–Crippen MR) is 45.9 cm³/mol. The average Bonchev–Trinajstić information content (AvgIpc) is 1.88. The maximum Gasteiger partial charge on any atom is 0.0215 e. The summed E-state index contributed by atoms with van der Waals surface area (Å²) in [5.41, 5.74) is 4.13. The maximum atomic E-state index is 3.84. The summed E-state index contributed by atoms with van der Waals surface area (Å²) in [7, 11) is 0. The molecule has 0 radical (unpaired) electrons. The number of hydrazone groups is 1. The Bertz CT molecular complexity index is 134. The van der Waals surface area contributed by atoms with Crippen LogP contribution in [0.4, 0.5) is 0 Å². The number of nitrogens with zero attached hydrogens (tertiary/aromatic N) is 1. The number of hydrogen-bond donors (Lipinski definition) is 1. The predicted octanol–water partition coefficient (Wildman–Crippen LogP) is 2.14. The van der Waals surface area contributed by atoms with Crippen LogP contribution in [-0.4, -0.2) is 6.21 Å². The van der Waals surface area contributed by atoms with Crippen LogP contribution in [0.25, 0.3) is 0 Å². The lowest BCUT2D eigenvalue weighted by atomic mass is 10.1. The molecule has 0 spiro atoms. The Morgan fingerprint density at radius 1 is 1.50 bits per heavy atom. The quantitative estimate of drug-likeness (QED) is 0.471. The van der Waals surface area contributed by atoms with Gasteiger partial charge in [0.25, 0.3) is 0 Å². The summed E-state index contributed by atoms with van der Waals surface area (Å²) in [6.45, 7) is 8.28. The monoisotopic (exact) mass is 140 g/mol. The van der Waals surface area contributed by atoms with Gasteiger partial charge in [0, 0.05) is 12.4 Å². The Hall–Kier alpha value is -0.790. The van der Waals surface area contributed by atoms with Gasteiger partial charge in [-0.25, -0.2) is 0 Å². The summed E-state index contributed by atoms with van der Waals surface area (Å²) in [5, 5.41) is 3.84. The van der Waals surface area contributed by atoms with Gasteiger partial charge in [-0.3, -0.25) is 5.43 Å². The van der Waals surface area contributed by atoms with Gasteiger partial charge in [-0.05, 0) is 19.8 Å². The molecule has 0 aliphatic rings. The van der Waals surface area contributed by atoms with Crippen molar-refractivity contribution in [2.24, 2.45) is 11.0 Å². The SMILES string of the molecule is C/C=N\N/C=C(\C)C(C)C. The van der Waals surface area contributed by atoms with Crippen molar-refractivity contribution in [2.75, 3.05) is 0 Å². The first-order chi connectivity index (χ1) is 4.68. The normalized spacial score (nSPS) is 13.1. The number of nitrogens with one attached hydrogen (secondary N) is 1. The van der Waals surface area contributed by atoms with Gasteiger partial charge in [-0.15, -0.1) is 0 Å². The van der Waals surface area contributed by atoms with Crippen LogP contribution in [0.5, 0.6) is 0 Å². The molecule has 0 aromatic carbocycles. The molecule has 58 valence electrons. The summed E-state index contributed by atoms with van der Waals surface area (Å²) in [6.07, 6.45) is 3.65. The smallest absolute Gasteiger partial charge is 0.0215 e. The minimum Gasteiger partial charge on any atom is -0.286 e. The van der Waals surface area contributed by atoms with E-state index in [1.165, 1.54) is 5.57 Å². The molecule has 0 fully saturated rings. The van der Waals surface area contributed by atoms with Crippen LogP contribution in [0, 0.1) is 5.92 Å². The summed E-state index contributed by atoms with van der Waals surface area (Å²) in [4.78, 5) is 0. The Balaban J connectivity index is 3.68. The third kappa shape index (κ3) is 4.13. The van der Waals surface area contributed by atoms with Gasteiger partial charge in [0.05, 0.1) is 0 Å². The fourth-order valence-electron chi connectivity index (χ4n) is 0.380. The molecule has 2 nitrogen and oxygen atoms in total. The second kappa shape index (κ2) is 5.03. The highest BCUT2D eigenvalue weighted by Crippen LogP contribution is 2.05. The molecule has 0 atom stereocenters. The molecule has 0 aromatic heterocycles. The van der Waals surface area contributed by atoms with Crippen molar-refractivity contribution in [3.63, 3.8) is 0 Å². The zero-order valence-electron chi connectivity index (χ0n) is 7.18. The van der Waals surface area contributed by atoms with Crippen LogP contribution in [0.15, 0.2) is 16.9 Å². The van der Waals surface area contributed by atoms with Gasteiger partial charge < -0.3 is 0 Å². The van der Waals surface area contributed by atoms with Crippen LogP contribution in [0.3, 0.4) is 0 Å². The molecule has 2 heteroatoms. The first kappa shape index (κ1) is 9.21. The minimum atomic E-state index is 0.597. The van der Waals surface area contributed by atoms with Crippen LogP contribution >= 0.6 is 0 Å². The summed E-state index contributed by atoms with van der Waals surface area (Å²) >= 11 is 0. The highest BCUT2D eigenvalue weighted by molar-refractivity contribution is 5.52. The van der Waals surface area contributed by atoms with E-state index in [-0.39, 0.29) is 0 Å². The van der Waals surface area contributed by atoms with Gasteiger partial charge in [0.1, 0.15) is 0 Å². The van der Waals surface area contributed by atoms with Crippen molar-refractivity contribution >= 4 is 6.21 Å². The van der Waals surface area contributed by atoms with Gasteiger partial charge in [-0.2, -0.15) is 5.10 Å². The van der Waals surface area contributed by atoms with Gasteiger partial charge in [-0.1, -0.05) is 19.4 Å². The molecule has 0 saturated heterocycles. The van der Waals surface area contributed by atoms with Crippen molar-refractivity contribution in [3.8, 4) is 0 Å². The van der Waals surface area contributed by atoms with Gasteiger partial charge >= 0.3 is 0 Å². The summed E-state index contributed by atoms with van der Waals surface area (Å²) in [6, 6.07) is 0. The summed E-state index contributed by atoms with van der Waals surface area (Å²) in [5.74, 6) is 0.597. The molecule has 0 aliphatic carbocycles. The fraction of sp³-hybridized carbons (Fsp3) is 0.625. The number of hydrogen-bond acceptors (Lipinski definition) is 2. The highest BCUT2D eigenvalue weighted by Gasteiger charge is 1.92. The Morgan fingerprint density at radius 3 is 2.50 bits per heavy atom. The first-order valence-corrected chi connectivity index (χ1v) is 3.58. The summed E-state index contributed by atoms with van der Waals surface area (Å²) < 4.78 is 0. The van der Waals surface area contributed by atoms with Crippen molar-refractivity contribution in [3.05, 3.63) is 11.8 Å². The zero-order chi connectivity index (χ0) is 7.98. The van der Waals surface area contributed by atoms with E-state index in [0.717, 1.165) is 0 Å². The molecule has 0 unspecified atom stereocenters. The lowest BCUT2D eigenvalue weighted by molar-refractivity contribution is 0.752. The van der Waals surface area contributed by atoms with Crippen LogP contribution in [-0.2, 0) is 0 Å². The van der Waals surface area contributed by atoms with Crippen molar-refractivity contribution in [1.29, 1.82) is 0 Å². The van der Waals surface area contributed by atoms with E-state index in [1.807, 2.05) is 13.1 Å². The molecule has 0 saturated carbocycles. The van der Waals surface area contributed by atoms with E-state index in [0.29, 0.717) is 5.92 Å². The highest BCUT2D eigenvalue weighted by atomic mass is 15.3. The largest absolute Gasteiger partial charge is 0.286 e.